The molecule has 0 unspecified atom stereocenters. The normalized spacial score (nSPS) is 9.93. The van der Waals surface area contributed by atoms with Crippen molar-refractivity contribution in [2.24, 2.45) is 0 Å². The summed E-state index contributed by atoms with van der Waals surface area (Å²) in [6.45, 7) is 0. The van der Waals surface area contributed by atoms with E-state index in [0.29, 0.717) is 0 Å². The first-order chi connectivity index (χ1) is 6.56. The molecule has 0 aliphatic heterocycles. The quantitative estimate of drug-likeness (QED) is 0.845. The van der Waals surface area contributed by atoms with Crippen LogP contribution in [0.1, 0.15) is 5.56 Å². The molecular weight excluding hydrogens is 211 g/mol. The van der Waals surface area contributed by atoms with Gasteiger partial charge in [0.2, 0.25) is 0 Å². The minimum absolute atomic E-state index is 0.0447. The molecule has 1 aromatic rings. The molecule has 0 aliphatic carbocycles. The zero-order chi connectivity index (χ0) is 10.7. The standard InChI is InChI=1S/C9H8ClFO3/c1-14-6-3-2-5(4-7(12)13)9(11)8(6)10/h2-3H,4H2,1H3,(H,12,13). The summed E-state index contributed by atoms with van der Waals surface area (Å²) in [6, 6.07) is 2.78. The van der Waals surface area contributed by atoms with E-state index in [-0.39, 0.29) is 16.3 Å². The lowest BCUT2D eigenvalue weighted by molar-refractivity contribution is -0.136. The minimum atomic E-state index is -1.11. The summed E-state index contributed by atoms with van der Waals surface area (Å²) >= 11 is 5.59. The lowest BCUT2D eigenvalue weighted by Gasteiger charge is -2.06. The molecule has 0 saturated carbocycles. The Morgan fingerprint density at radius 2 is 2.29 bits per heavy atom. The van der Waals surface area contributed by atoms with Crippen LogP contribution in [0, 0.1) is 5.82 Å². The second kappa shape index (κ2) is 4.28. The zero-order valence-electron chi connectivity index (χ0n) is 7.38. The molecule has 0 bridgehead atoms. The average Bonchev–Trinajstić information content (AvgIpc) is 2.13. The van der Waals surface area contributed by atoms with Crippen LogP contribution < -0.4 is 4.74 Å². The highest BCUT2D eigenvalue weighted by Gasteiger charge is 2.13. The van der Waals surface area contributed by atoms with E-state index in [2.05, 4.69) is 0 Å². The second-order valence-electron chi connectivity index (χ2n) is 2.63. The van der Waals surface area contributed by atoms with Crippen LogP contribution in [0.5, 0.6) is 5.75 Å². The van der Waals surface area contributed by atoms with E-state index in [4.69, 9.17) is 21.4 Å². The Kier molecular flexibility index (Phi) is 3.30. The van der Waals surface area contributed by atoms with Gasteiger partial charge in [-0.2, -0.15) is 0 Å². The van der Waals surface area contributed by atoms with E-state index in [1.54, 1.807) is 0 Å². The molecular formula is C9H8ClFO3. The summed E-state index contributed by atoms with van der Waals surface area (Å²) in [7, 11) is 1.36. The van der Waals surface area contributed by atoms with Crippen molar-refractivity contribution < 1.29 is 19.0 Å². The van der Waals surface area contributed by atoms with Gasteiger partial charge in [-0.1, -0.05) is 17.7 Å². The van der Waals surface area contributed by atoms with Crippen LogP contribution in [0.15, 0.2) is 12.1 Å². The molecule has 0 aromatic heterocycles. The van der Waals surface area contributed by atoms with Crippen LogP contribution in [0.3, 0.4) is 0 Å². The summed E-state index contributed by atoms with van der Waals surface area (Å²) in [5, 5.41) is 8.28. The number of benzene rings is 1. The predicted octanol–water partition coefficient (Wildman–Crippen LogP) is 2.11. The number of methoxy groups -OCH3 is 1. The molecule has 0 heterocycles. The molecule has 1 aromatic carbocycles. The molecule has 0 aliphatic rings. The third-order valence-electron chi connectivity index (χ3n) is 1.69. The molecule has 0 radical (unpaired) electrons. The van der Waals surface area contributed by atoms with Gasteiger partial charge < -0.3 is 9.84 Å². The maximum Gasteiger partial charge on any atom is 0.307 e. The highest BCUT2D eigenvalue weighted by atomic mass is 35.5. The molecule has 14 heavy (non-hydrogen) atoms. The fourth-order valence-corrected chi connectivity index (χ4v) is 1.29. The fraction of sp³-hybridized carbons (Fsp3) is 0.222. The molecule has 1 rings (SSSR count). The summed E-state index contributed by atoms with van der Waals surface area (Å²) in [5.41, 5.74) is 0.0447. The Labute approximate surface area is 85.1 Å². The van der Waals surface area contributed by atoms with E-state index in [1.165, 1.54) is 19.2 Å². The fourth-order valence-electron chi connectivity index (χ4n) is 1.03. The van der Waals surface area contributed by atoms with Gasteiger partial charge in [0.25, 0.3) is 0 Å². The molecule has 76 valence electrons. The van der Waals surface area contributed by atoms with Crippen LogP contribution in [-0.2, 0) is 11.2 Å². The van der Waals surface area contributed by atoms with Crippen molar-refractivity contribution in [2.45, 2.75) is 6.42 Å². The van der Waals surface area contributed by atoms with Gasteiger partial charge in [0.1, 0.15) is 16.6 Å². The first kappa shape index (κ1) is 10.8. The maximum absolute atomic E-state index is 13.3. The number of carbonyl (C=O) groups is 1. The number of rotatable bonds is 3. The number of aliphatic carboxylic acids is 1. The second-order valence-corrected chi connectivity index (χ2v) is 3.00. The van der Waals surface area contributed by atoms with Gasteiger partial charge >= 0.3 is 5.97 Å². The van der Waals surface area contributed by atoms with Gasteiger partial charge in [-0.25, -0.2) is 4.39 Å². The molecule has 0 atom stereocenters. The molecule has 0 saturated heterocycles. The number of ether oxygens (including phenoxy) is 1. The van der Waals surface area contributed by atoms with Crippen molar-refractivity contribution in [3.8, 4) is 5.75 Å². The van der Waals surface area contributed by atoms with Crippen molar-refractivity contribution in [1.29, 1.82) is 0 Å². The highest BCUT2D eigenvalue weighted by Crippen LogP contribution is 2.29. The number of halogens is 2. The number of carboxylic acid groups (broad SMARTS) is 1. The largest absolute Gasteiger partial charge is 0.495 e. The van der Waals surface area contributed by atoms with Crippen LogP contribution in [-0.4, -0.2) is 18.2 Å². The van der Waals surface area contributed by atoms with Gasteiger partial charge in [-0.15, -0.1) is 0 Å². The SMILES string of the molecule is COc1ccc(CC(=O)O)c(F)c1Cl. The maximum atomic E-state index is 13.3. The average molecular weight is 219 g/mol. The van der Waals surface area contributed by atoms with E-state index in [9.17, 15) is 9.18 Å². The first-order valence-corrected chi connectivity index (χ1v) is 4.16. The van der Waals surface area contributed by atoms with Crippen molar-refractivity contribution in [1.82, 2.24) is 0 Å². The molecule has 3 nitrogen and oxygen atoms in total. The number of hydrogen-bond donors (Lipinski definition) is 1. The summed E-state index contributed by atoms with van der Waals surface area (Å²) in [6.07, 6.45) is -0.393. The van der Waals surface area contributed by atoms with Crippen LogP contribution in [0.25, 0.3) is 0 Å². The Hall–Kier alpha value is -1.29. The van der Waals surface area contributed by atoms with E-state index in [0.717, 1.165) is 0 Å². The van der Waals surface area contributed by atoms with Crippen molar-refractivity contribution in [2.75, 3.05) is 7.11 Å². The van der Waals surface area contributed by atoms with Crippen molar-refractivity contribution in [3.05, 3.63) is 28.5 Å². The Balaban J connectivity index is 3.10. The Morgan fingerprint density at radius 1 is 1.64 bits per heavy atom. The molecule has 1 N–H and O–H groups in total. The third-order valence-corrected chi connectivity index (χ3v) is 2.04. The van der Waals surface area contributed by atoms with Gasteiger partial charge in [-0.05, 0) is 6.07 Å². The smallest absolute Gasteiger partial charge is 0.307 e. The summed E-state index contributed by atoms with van der Waals surface area (Å²) in [4.78, 5) is 10.3. The zero-order valence-corrected chi connectivity index (χ0v) is 8.14. The predicted molar refractivity (Wildman–Crippen MR) is 49.3 cm³/mol. The lowest BCUT2D eigenvalue weighted by atomic mass is 10.1. The van der Waals surface area contributed by atoms with Crippen molar-refractivity contribution in [3.63, 3.8) is 0 Å². The van der Waals surface area contributed by atoms with E-state index >= 15 is 0 Å². The van der Waals surface area contributed by atoms with Crippen LogP contribution in [0.4, 0.5) is 4.39 Å². The summed E-state index contributed by atoms with van der Waals surface area (Å²) < 4.78 is 18.1. The molecule has 0 spiro atoms. The van der Waals surface area contributed by atoms with Gasteiger partial charge in [-0.3, -0.25) is 4.79 Å². The lowest BCUT2D eigenvalue weighted by Crippen LogP contribution is -2.03. The van der Waals surface area contributed by atoms with Gasteiger partial charge in [0.05, 0.1) is 13.5 Å². The topological polar surface area (TPSA) is 46.5 Å². The minimum Gasteiger partial charge on any atom is -0.495 e. The van der Waals surface area contributed by atoms with Crippen LogP contribution >= 0.6 is 11.6 Å². The van der Waals surface area contributed by atoms with E-state index < -0.39 is 18.2 Å². The first-order valence-electron chi connectivity index (χ1n) is 3.79. The van der Waals surface area contributed by atoms with Crippen LogP contribution in [0.2, 0.25) is 5.02 Å². The Bertz CT molecular complexity index is 365. The van der Waals surface area contributed by atoms with E-state index in [1.807, 2.05) is 0 Å². The third kappa shape index (κ3) is 2.14. The highest BCUT2D eigenvalue weighted by molar-refractivity contribution is 6.32. The molecule has 0 amide bonds. The number of carboxylic acids is 1. The molecule has 5 heteroatoms. The monoisotopic (exact) mass is 218 g/mol. The van der Waals surface area contributed by atoms with Crippen molar-refractivity contribution >= 4 is 17.6 Å². The van der Waals surface area contributed by atoms with Gasteiger partial charge in [0.15, 0.2) is 0 Å². The molecule has 0 fully saturated rings. The Morgan fingerprint density at radius 3 is 2.79 bits per heavy atom. The summed E-state index contributed by atoms with van der Waals surface area (Å²) in [5.74, 6) is -1.66. The number of hydrogen-bond acceptors (Lipinski definition) is 2. The van der Waals surface area contributed by atoms with Gasteiger partial charge in [0, 0.05) is 5.56 Å².